The van der Waals surface area contributed by atoms with E-state index >= 15 is 0 Å². The van der Waals surface area contributed by atoms with Crippen LogP contribution in [0, 0.1) is 0 Å². The van der Waals surface area contributed by atoms with E-state index in [0.717, 1.165) is 0 Å². The maximum atomic E-state index is 12.8. The Balaban J connectivity index is 1.51. The number of carbonyl (C=O) groups is 3. The van der Waals surface area contributed by atoms with Crippen molar-refractivity contribution in [1.82, 2.24) is 0 Å². The van der Waals surface area contributed by atoms with E-state index in [1.54, 1.807) is 91.0 Å². The normalized spacial score (nSPS) is 18.9. The van der Waals surface area contributed by atoms with Gasteiger partial charge < -0.3 is 18.9 Å². The Morgan fingerprint density at radius 3 is 1.65 bits per heavy atom. The van der Waals surface area contributed by atoms with Gasteiger partial charge in [0.1, 0.15) is 6.61 Å². The molecule has 3 atom stereocenters. The van der Waals surface area contributed by atoms with Crippen LogP contribution in [0.3, 0.4) is 0 Å². The highest BCUT2D eigenvalue weighted by Gasteiger charge is 2.39. The second-order valence-electron chi connectivity index (χ2n) is 7.44. The predicted octanol–water partition coefficient (Wildman–Crippen LogP) is 4.21. The highest BCUT2D eigenvalue weighted by atomic mass is 16.6. The van der Waals surface area contributed by atoms with Crippen molar-refractivity contribution in [2.24, 2.45) is 0 Å². The van der Waals surface area contributed by atoms with Crippen LogP contribution in [0.15, 0.2) is 103 Å². The zero-order valence-corrected chi connectivity index (χ0v) is 18.1. The molecule has 34 heavy (non-hydrogen) atoms. The Morgan fingerprint density at radius 1 is 0.647 bits per heavy atom. The van der Waals surface area contributed by atoms with E-state index in [0.29, 0.717) is 16.7 Å². The maximum absolute atomic E-state index is 12.8. The van der Waals surface area contributed by atoms with Gasteiger partial charge in [0.05, 0.1) is 23.0 Å². The van der Waals surface area contributed by atoms with Crippen LogP contribution in [0.25, 0.3) is 0 Å². The van der Waals surface area contributed by atoms with Crippen LogP contribution in [0.5, 0.6) is 0 Å². The van der Waals surface area contributed by atoms with E-state index in [2.05, 4.69) is 0 Å². The average Bonchev–Trinajstić information content (AvgIpc) is 2.90. The summed E-state index contributed by atoms with van der Waals surface area (Å²) in [5.41, 5.74) is 1.05. The second kappa shape index (κ2) is 11.0. The van der Waals surface area contributed by atoms with Crippen LogP contribution in [-0.2, 0) is 18.9 Å². The quantitative estimate of drug-likeness (QED) is 0.387. The first kappa shape index (κ1) is 22.8. The minimum atomic E-state index is -1.05. The van der Waals surface area contributed by atoms with Gasteiger partial charge >= 0.3 is 17.9 Å². The highest BCUT2D eigenvalue weighted by Crippen LogP contribution is 2.22. The van der Waals surface area contributed by atoms with Crippen LogP contribution >= 0.6 is 0 Å². The van der Waals surface area contributed by atoms with Crippen molar-refractivity contribution in [2.45, 2.75) is 18.3 Å². The van der Waals surface area contributed by atoms with Gasteiger partial charge in [-0.2, -0.15) is 0 Å². The largest absolute Gasteiger partial charge is 0.491 e. The number of esters is 3. The molecule has 1 aliphatic rings. The van der Waals surface area contributed by atoms with Crippen molar-refractivity contribution in [1.29, 1.82) is 0 Å². The van der Waals surface area contributed by atoms with Gasteiger partial charge in [-0.3, -0.25) is 0 Å². The summed E-state index contributed by atoms with van der Waals surface area (Å²) in [6.07, 6.45) is -0.0572. The van der Waals surface area contributed by atoms with Gasteiger partial charge in [-0.15, -0.1) is 0 Å². The standard InChI is InChI=1S/C27H22O7/c28-25(19-10-4-1-5-11-19)32-18-23-24(34-27(30)21-14-8-3-9-15-21)22(16-17-31-23)33-26(29)20-12-6-2-7-13-20/h1-17,22-24H,18H2/t22-,23-,24-/m1/s1. The Morgan fingerprint density at radius 2 is 1.12 bits per heavy atom. The third-order valence-electron chi connectivity index (χ3n) is 5.11. The molecule has 172 valence electrons. The van der Waals surface area contributed by atoms with Crippen LogP contribution in [0.2, 0.25) is 0 Å². The first-order chi connectivity index (χ1) is 16.6. The average molecular weight is 458 g/mol. The molecule has 4 rings (SSSR count). The lowest BCUT2D eigenvalue weighted by atomic mass is 10.1. The number of rotatable bonds is 7. The molecule has 0 radical (unpaired) electrons. The minimum absolute atomic E-state index is 0.218. The van der Waals surface area contributed by atoms with E-state index in [1.807, 2.05) is 0 Å². The number of ether oxygens (including phenoxy) is 4. The van der Waals surface area contributed by atoms with Crippen LogP contribution in [0.4, 0.5) is 0 Å². The summed E-state index contributed by atoms with van der Waals surface area (Å²) in [6.45, 7) is -0.218. The summed E-state index contributed by atoms with van der Waals surface area (Å²) in [7, 11) is 0. The van der Waals surface area contributed by atoms with Gasteiger partial charge in [-0.25, -0.2) is 14.4 Å². The third kappa shape index (κ3) is 5.69. The molecule has 0 aliphatic carbocycles. The fourth-order valence-corrected chi connectivity index (χ4v) is 3.35. The lowest BCUT2D eigenvalue weighted by molar-refractivity contribution is -0.0981. The summed E-state index contributed by atoms with van der Waals surface area (Å²) in [6, 6.07) is 25.4. The van der Waals surface area contributed by atoms with Crippen molar-refractivity contribution in [3.05, 3.63) is 120 Å². The lowest BCUT2D eigenvalue weighted by Crippen LogP contribution is -2.48. The Bertz CT molecular complexity index is 1140. The van der Waals surface area contributed by atoms with Crippen molar-refractivity contribution in [3.8, 4) is 0 Å². The third-order valence-corrected chi connectivity index (χ3v) is 5.11. The predicted molar refractivity (Wildman–Crippen MR) is 122 cm³/mol. The molecule has 3 aromatic rings. The van der Waals surface area contributed by atoms with E-state index in [9.17, 15) is 14.4 Å². The zero-order valence-electron chi connectivity index (χ0n) is 18.1. The van der Waals surface area contributed by atoms with Crippen LogP contribution in [0.1, 0.15) is 31.1 Å². The maximum Gasteiger partial charge on any atom is 0.338 e. The van der Waals surface area contributed by atoms with Gasteiger partial charge in [0.2, 0.25) is 0 Å². The van der Waals surface area contributed by atoms with Gasteiger partial charge in [0.25, 0.3) is 0 Å². The molecule has 7 nitrogen and oxygen atoms in total. The van der Waals surface area contributed by atoms with Gasteiger partial charge in [-0.05, 0) is 42.5 Å². The second-order valence-corrected chi connectivity index (χ2v) is 7.44. The van der Waals surface area contributed by atoms with Crippen molar-refractivity contribution in [3.63, 3.8) is 0 Å². The fourth-order valence-electron chi connectivity index (χ4n) is 3.35. The zero-order chi connectivity index (χ0) is 23.8. The molecular formula is C27H22O7. The van der Waals surface area contributed by atoms with E-state index < -0.39 is 36.2 Å². The monoisotopic (exact) mass is 458 g/mol. The molecule has 0 amide bonds. The molecule has 1 aliphatic heterocycles. The number of hydrogen-bond acceptors (Lipinski definition) is 7. The van der Waals surface area contributed by atoms with E-state index in [-0.39, 0.29) is 6.61 Å². The summed E-state index contributed by atoms with van der Waals surface area (Å²) in [5.74, 6) is -1.76. The Hall–Kier alpha value is -4.39. The summed E-state index contributed by atoms with van der Waals surface area (Å²) in [5, 5.41) is 0. The molecule has 0 aromatic heterocycles. The molecule has 0 unspecified atom stereocenters. The fraction of sp³-hybridized carbons (Fsp3) is 0.148. The molecular weight excluding hydrogens is 436 g/mol. The first-order valence-corrected chi connectivity index (χ1v) is 10.7. The molecule has 0 bridgehead atoms. The van der Waals surface area contributed by atoms with E-state index in [4.69, 9.17) is 18.9 Å². The summed E-state index contributed by atoms with van der Waals surface area (Å²) >= 11 is 0. The number of hydrogen-bond donors (Lipinski definition) is 0. The number of carbonyl (C=O) groups excluding carboxylic acids is 3. The molecule has 0 fully saturated rings. The topological polar surface area (TPSA) is 88.1 Å². The van der Waals surface area contributed by atoms with Gasteiger partial charge in [0.15, 0.2) is 18.3 Å². The first-order valence-electron chi connectivity index (χ1n) is 10.7. The summed E-state index contributed by atoms with van der Waals surface area (Å²) in [4.78, 5) is 37.8. The molecule has 0 N–H and O–H groups in total. The van der Waals surface area contributed by atoms with Gasteiger partial charge in [0, 0.05) is 0 Å². The lowest BCUT2D eigenvalue weighted by Gasteiger charge is -2.33. The molecule has 1 heterocycles. The molecule has 0 saturated carbocycles. The molecule has 0 spiro atoms. The molecule has 3 aromatic carbocycles. The van der Waals surface area contributed by atoms with Gasteiger partial charge in [-0.1, -0.05) is 54.6 Å². The molecule has 0 saturated heterocycles. The number of benzene rings is 3. The van der Waals surface area contributed by atoms with Crippen molar-refractivity contribution >= 4 is 17.9 Å². The smallest absolute Gasteiger partial charge is 0.338 e. The SMILES string of the molecule is O=C(OC[C@H]1OC=C[C@@H](OC(=O)c2ccccc2)[C@H]1OC(=O)c1ccccc1)c1ccccc1. The van der Waals surface area contributed by atoms with Crippen molar-refractivity contribution < 1.29 is 33.3 Å². The van der Waals surface area contributed by atoms with E-state index in [1.165, 1.54) is 12.3 Å². The minimum Gasteiger partial charge on any atom is -0.491 e. The Labute approximate surface area is 196 Å². The van der Waals surface area contributed by atoms with Crippen LogP contribution < -0.4 is 0 Å². The van der Waals surface area contributed by atoms with Crippen molar-refractivity contribution in [2.75, 3.05) is 6.61 Å². The van der Waals surface area contributed by atoms with Crippen LogP contribution in [-0.4, -0.2) is 42.8 Å². The highest BCUT2D eigenvalue weighted by molar-refractivity contribution is 5.91. The molecule has 7 heteroatoms. The summed E-state index contributed by atoms with van der Waals surface area (Å²) < 4.78 is 22.3. The Kier molecular flexibility index (Phi) is 7.35.